The predicted molar refractivity (Wildman–Crippen MR) is 105 cm³/mol. The molecule has 2 heterocycles. The van der Waals surface area contributed by atoms with Gasteiger partial charge in [-0.1, -0.05) is 30.3 Å². The molecule has 1 amide bonds. The molecule has 1 aliphatic heterocycles. The van der Waals surface area contributed by atoms with Crippen molar-refractivity contribution in [2.75, 3.05) is 6.54 Å². The van der Waals surface area contributed by atoms with E-state index in [2.05, 4.69) is 17.1 Å². The molecular formula is C23H19FN2O2. The van der Waals surface area contributed by atoms with Crippen molar-refractivity contribution in [3.63, 3.8) is 0 Å². The van der Waals surface area contributed by atoms with E-state index in [1.54, 1.807) is 41.4 Å². The van der Waals surface area contributed by atoms with Crippen LogP contribution in [0.2, 0.25) is 0 Å². The van der Waals surface area contributed by atoms with Crippen LogP contribution in [0, 0.1) is 5.82 Å². The summed E-state index contributed by atoms with van der Waals surface area (Å²) in [7, 11) is 0. The van der Waals surface area contributed by atoms with E-state index in [0.29, 0.717) is 24.4 Å². The van der Waals surface area contributed by atoms with Crippen molar-refractivity contribution in [2.45, 2.75) is 13.0 Å². The SMILES string of the molecule is O=C(/C=C/c1ccc(Oc2cccnc2)c(F)c1)N1CCc2ccccc2C1. The Balaban J connectivity index is 1.42. The van der Waals surface area contributed by atoms with Gasteiger partial charge in [-0.3, -0.25) is 9.78 Å². The molecule has 140 valence electrons. The van der Waals surface area contributed by atoms with Crippen LogP contribution in [0.25, 0.3) is 6.08 Å². The first kappa shape index (κ1) is 17.9. The first-order chi connectivity index (χ1) is 13.7. The normalized spacial score (nSPS) is 13.4. The van der Waals surface area contributed by atoms with Gasteiger partial charge in [-0.05, 0) is 53.5 Å². The Morgan fingerprint density at radius 2 is 1.96 bits per heavy atom. The van der Waals surface area contributed by atoms with Gasteiger partial charge in [0.2, 0.25) is 5.91 Å². The number of hydrogen-bond donors (Lipinski definition) is 0. The molecule has 0 bridgehead atoms. The Hall–Kier alpha value is -3.47. The number of fused-ring (bicyclic) bond motifs is 1. The van der Waals surface area contributed by atoms with Gasteiger partial charge >= 0.3 is 0 Å². The summed E-state index contributed by atoms with van der Waals surface area (Å²) in [5, 5.41) is 0. The second kappa shape index (κ2) is 8.05. The standard InChI is InChI=1S/C23H19FN2O2/c24-21-14-17(7-9-22(21)28-20-6-3-12-25-15-20)8-10-23(27)26-13-11-18-4-1-2-5-19(18)16-26/h1-10,12,14-15H,11,13,16H2/b10-8+. The molecule has 0 fully saturated rings. The molecule has 3 aromatic rings. The summed E-state index contributed by atoms with van der Waals surface area (Å²) in [6, 6.07) is 16.2. The van der Waals surface area contributed by atoms with Crippen molar-refractivity contribution in [2.24, 2.45) is 0 Å². The molecule has 28 heavy (non-hydrogen) atoms. The predicted octanol–water partition coefficient (Wildman–Crippen LogP) is 4.61. The number of carbonyl (C=O) groups excluding carboxylic acids is 1. The summed E-state index contributed by atoms with van der Waals surface area (Å²) < 4.78 is 19.8. The summed E-state index contributed by atoms with van der Waals surface area (Å²) in [5.41, 5.74) is 3.07. The molecule has 0 saturated carbocycles. The lowest BCUT2D eigenvalue weighted by Crippen LogP contribution is -2.34. The van der Waals surface area contributed by atoms with Gasteiger partial charge in [-0.25, -0.2) is 4.39 Å². The van der Waals surface area contributed by atoms with Crippen LogP contribution in [0.3, 0.4) is 0 Å². The fourth-order valence-electron chi connectivity index (χ4n) is 3.19. The minimum atomic E-state index is -0.495. The lowest BCUT2D eigenvalue weighted by molar-refractivity contribution is -0.126. The number of benzene rings is 2. The van der Waals surface area contributed by atoms with Crippen LogP contribution in [0.1, 0.15) is 16.7 Å². The number of aromatic nitrogens is 1. The molecule has 0 unspecified atom stereocenters. The third-order valence-corrected chi connectivity index (χ3v) is 4.68. The van der Waals surface area contributed by atoms with Gasteiger partial charge in [-0.2, -0.15) is 0 Å². The highest BCUT2D eigenvalue weighted by Gasteiger charge is 2.18. The summed E-state index contributed by atoms with van der Waals surface area (Å²) in [6.45, 7) is 1.29. The zero-order valence-electron chi connectivity index (χ0n) is 15.2. The molecular weight excluding hydrogens is 355 g/mol. The van der Waals surface area contributed by atoms with Gasteiger partial charge in [0.25, 0.3) is 0 Å². The molecule has 4 nitrogen and oxygen atoms in total. The fraction of sp³-hybridized carbons (Fsp3) is 0.130. The van der Waals surface area contributed by atoms with E-state index in [1.165, 1.54) is 29.5 Å². The Kier molecular flexibility index (Phi) is 5.15. The summed E-state index contributed by atoms with van der Waals surface area (Å²) in [4.78, 5) is 18.2. The number of carbonyl (C=O) groups is 1. The molecule has 4 rings (SSSR count). The smallest absolute Gasteiger partial charge is 0.246 e. The number of hydrogen-bond acceptors (Lipinski definition) is 3. The molecule has 2 aromatic carbocycles. The maximum atomic E-state index is 14.3. The molecule has 0 N–H and O–H groups in total. The number of nitrogens with zero attached hydrogens (tertiary/aromatic N) is 2. The van der Waals surface area contributed by atoms with Gasteiger partial charge in [-0.15, -0.1) is 0 Å². The molecule has 1 aromatic heterocycles. The van der Waals surface area contributed by atoms with Crippen molar-refractivity contribution >= 4 is 12.0 Å². The van der Waals surface area contributed by atoms with Crippen molar-refractivity contribution < 1.29 is 13.9 Å². The van der Waals surface area contributed by atoms with Crippen LogP contribution in [0.15, 0.2) is 73.1 Å². The van der Waals surface area contributed by atoms with Crippen LogP contribution < -0.4 is 4.74 Å². The Morgan fingerprint density at radius 1 is 1.11 bits per heavy atom. The van der Waals surface area contributed by atoms with Crippen LogP contribution >= 0.6 is 0 Å². The quantitative estimate of drug-likeness (QED) is 0.626. The second-order valence-corrected chi connectivity index (χ2v) is 6.59. The van der Waals surface area contributed by atoms with E-state index in [4.69, 9.17) is 4.74 Å². The minimum absolute atomic E-state index is 0.0782. The number of amides is 1. The summed E-state index contributed by atoms with van der Waals surface area (Å²) in [6.07, 6.45) is 7.10. The Morgan fingerprint density at radius 3 is 2.75 bits per heavy atom. The fourth-order valence-corrected chi connectivity index (χ4v) is 3.19. The van der Waals surface area contributed by atoms with Crippen LogP contribution in [0.4, 0.5) is 4.39 Å². The van der Waals surface area contributed by atoms with Crippen molar-refractivity contribution in [1.82, 2.24) is 9.88 Å². The highest BCUT2D eigenvalue weighted by molar-refractivity contribution is 5.92. The summed E-state index contributed by atoms with van der Waals surface area (Å²) >= 11 is 0. The maximum absolute atomic E-state index is 14.3. The molecule has 0 aliphatic carbocycles. The van der Waals surface area contributed by atoms with E-state index < -0.39 is 5.82 Å². The van der Waals surface area contributed by atoms with E-state index in [1.807, 2.05) is 12.1 Å². The minimum Gasteiger partial charge on any atom is -0.453 e. The number of ether oxygens (including phenoxy) is 1. The average molecular weight is 374 g/mol. The molecule has 5 heteroatoms. The lowest BCUT2D eigenvalue weighted by atomic mass is 10.00. The highest BCUT2D eigenvalue weighted by atomic mass is 19.1. The van der Waals surface area contributed by atoms with E-state index in [-0.39, 0.29) is 11.7 Å². The van der Waals surface area contributed by atoms with E-state index in [0.717, 1.165) is 6.42 Å². The zero-order chi connectivity index (χ0) is 19.3. The monoisotopic (exact) mass is 374 g/mol. The molecule has 0 radical (unpaired) electrons. The molecule has 0 atom stereocenters. The second-order valence-electron chi connectivity index (χ2n) is 6.59. The van der Waals surface area contributed by atoms with Gasteiger partial charge in [0, 0.05) is 25.4 Å². The Bertz CT molecular complexity index is 1020. The molecule has 0 spiro atoms. The number of pyridine rings is 1. The van der Waals surface area contributed by atoms with Crippen molar-refractivity contribution in [1.29, 1.82) is 0 Å². The van der Waals surface area contributed by atoms with Crippen LogP contribution in [0.5, 0.6) is 11.5 Å². The summed E-state index contributed by atoms with van der Waals surface area (Å²) in [5.74, 6) is 0.00492. The van der Waals surface area contributed by atoms with Crippen molar-refractivity contribution in [3.05, 3.63) is 95.6 Å². The third kappa shape index (κ3) is 4.09. The number of rotatable bonds is 4. The van der Waals surface area contributed by atoms with Gasteiger partial charge < -0.3 is 9.64 Å². The van der Waals surface area contributed by atoms with Crippen LogP contribution in [-0.2, 0) is 17.8 Å². The third-order valence-electron chi connectivity index (χ3n) is 4.68. The lowest BCUT2D eigenvalue weighted by Gasteiger charge is -2.27. The first-order valence-electron chi connectivity index (χ1n) is 9.10. The average Bonchev–Trinajstić information content (AvgIpc) is 2.74. The Labute approximate surface area is 162 Å². The maximum Gasteiger partial charge on any atom is 0.246 e. The van der Waals surface area contributed by atoms with Gasteiger partial charge in [0.15, 0.2) is 11.6 Å². The van der Waals surface area contributed by atoms with E-state index in [9.17, 15) is 9.18 Å². The molecule has 1 aliphatic rings. The topological polar surface area (TPSA) is 42.4 Å². The first-order valence-corrected chi connectivity index (χ1v) is 9.10. The largest absolute Gasteiger partial charge is 0.453 e. The number of halogens is 1. The van der Waals surface area contributed by atoms with Crippen LogP contribution in [-0.4, -0.2) is 22.3 Å². The molecule has 0 saturated heterocycles. The zero-order valence-corrected chi connectivity index (χ0v) is 15.2. The van der Waals surface area contributed by atoms with Gasteiger partial charge in [0.05, 0.1) is 6.20 Å². The van der Waals surface area contributed by atoms with Crippen molar-refractivity contribution in [3.8, 4) is 11.5 Å². The van der Waals surface area contributed by atoms with E-state index >= 15 is 0 Å². The highest BCUT2D eigenvalue weighted by Crippen LogP contribution is 2.25. The van der Waals surface area contributed by atoms with Gasteiger partial charge in [0.1, 0.15) is 5.75 Å².